The summed E-state index contributed by atoms with van der Waals surface area (Å²) in [6, 6.07) is 9.77. The Bertz CT molecular complexity index is 790. The average molecular weight is 344 g/mol. The summed E-state index contributed by atoms with van der Waals surface area (Å²) in [5.74, 6) is -2.19. The molecule has 1 heterocycles. The third kappa shape index (κ3) is 4.53. The molecule has 2 atom stereocenters. The summed E-state index contributed by atoms with van der Waals surface area (Å²) >= 11 is 0. The van der Waals surface area contributed by atoms with Crippen LogP contribution in [0.5, 0.6) is 0 Å². The van der Waals surface area contributed by atoms with Crippen molar-refractivity contribution >= 4 is 28.7 Å². The number of amides is 1. The minimum atomic E-state index is -0.972. The summed E-state index contributed by atoms with van der Waals surface area (Å²) in [5.41, 5.74) is 0.853. The van der Waals surface area contributed by atoms with Gasteiger partial charge in [0.15, 0.2) is 0 Å². The number of nitrogens with zero attached hydrogens (tertiary/aromatic N) is 1. The first-order valence-corrected chi connectivity index (χ1v) is 7.78. The molecule has 2 aromatic rings. The number of rotatable bonds is 6. The van der Waals surface area contributed by atoms with Gasteiger partial charge in [-0.05, 0) is 18.6 Å². The lowest BCUT2D eigenvalue weighted by molar-refractivity contribution is -0.147. The number of para-hydroxylation sites is 1. The van der Waals surface area contributed by atoms with E-state index >= 15 is 0 Å². The summed E-state index contributed by atoms with van der Waals surface area (Å²) in [4.78, 5) is 40.2. The first kappa shape index (κ1) is 18.4. The predicted molar refractivity (Wildman–Crippen MR) is 90.8 cm³/mol. The van der Waals surface area contributed by atoms with E-state index in [9.17, 15) is 14.4 Å². The molecule has 0 aliphatic carbocycles. The van der Waals surface area contributed by atoms with E-state index in [0.717, 1.165) is 5.39 Å². The van der Waals surface area contributed by atoms with Gasteiger partial charge in [-0.25, -0.2) is 9.78 Å². The van der Waals surface area contributed by atoms with Crippen LogP contribution in [0, 0.1) is 5.92 Å². The average Bonchev–Trinajstić information content (AvgIpc) is 2.65. The van der Waals surface area contributed by atoms with Crippen molar-refractivity contribution in [2.45, 2.75) is 19.4 Å². The second-order valence-corrected chi connectivity index (χ2v) is 5.60. The number of fused-ring (bicyclic) bond motifs is 1. The fraction of sp³-hybridized carbons (Fsp3) is 0.333. The molecule has 1 amide bonds. The lowest BCUT2D eigenvalue weighted by Crippen LogP contribution is -2.43. The number of aromatic nitrogens is 1. The van der Waals surface area contributed by atoms with E-state index in [1.165, 1.54) is 14.2 Å². The Balaban J connectivity index is 2.17. The molecule has 0 saturated carbocycles. The maximum atomic E-state index is 12.4. The van der Waals surface area contributed by atoms with Crippen molar-refractivity contribution in [1.82, 2.24) is 10.3 Å². The second-order valence-electron chi connectivity index (χ2n) is 5.60. The standard InChI is InChI=1S/C18H20N2O5/c1-11(17(22)24-2)10-15(18(23)25-3)20-16(21)14-9-8-12-6-4-5-7-13(12)19-14/h4-9,11,15H,10H2,1-3H3,(H,20,21)/t11-,15-/m0/s1. The van der Waals surface area contributed by atoms with E-state index in [0.29, 0.717) is 5.52 Å². The Labute approximate surface area is 145 Å². The maximum Gasteiger partial charge on any atom is 0.328 e. The number of nitrogens with one attached hydrogen (secondary N) is 1. The van der Waals surface area contributed by atoms with Crippen LogP contribution in [-0.2, 0) is 19.1 Å². The SMILES string of the molecule is COC(=O)[C@H](C[C@H](C)C(=O)OC)NC(=O)c1ccc2ccccc2n1. The van der Waals surface area contributed by atoms with Crippen molar-refractivity contribution in [3.05, 3.63) is 42.1 Å². The van der Waals surface area contributed by atoms with Crippen LogP contribution in [0.4, 0.5) is 0 Å². The van der Waals surface area contributed by atoms with Crippen molar-refractivity contribution in [3.8, 4) is 0 Å². The molecule has 7 heteroatoms. The Morgan fingerprint density at radius 1 is 1.04 bits per heavy atom. The zero-order valence-corrected chi connectivity index (χ0v) is 14.3. The molecule has 0 saturated heterocycles. The minimum Gasteiger partial charge on any atom is -0.469 e. The van der Waals surface area contributed by atoms with Gasteiger partial charge in [-0.1, -0.05) is 31.2 Å². The number of pyridine rings is 1. The molecule has 1 aromatic heterocycles. The molecule has 0 bridgehead atoms. The van der Waals surface area contributed by atoms with Crippen LogP contribution >= 0.6 is 0 Å². The van der Waals surface area contributed by atoms with Gasteiger partial charge in [0.2, 0.25) is 0 Å². The summed E-state index contributed by atoms with van der Waals surface area (Å²) in [6.07, 6.45) is 0.0681. The minimum absolute atomic E-state index is 0.0681. The van der Waals surface area contributed by atoms with Gasteiger partial charge in [-0.15, -0.1) is 0 Å². The van der Waals surface area contributed by atoms with Gasteiger partial charge in [0.25, 0.3) is 5.91 Å². The van der Waals surface area contributed by atoms with Crippen LogP contribution in [-0.4, -0.2) is 43.1 Å². The Kier molecular flexibility index (Phi) is 6.05. The highest BCUT2D eigenvalue weighted by molar-refractivity contribution is 5.97. The third-order valence-corrected chi connectivity index (χ3v) is 3.81. The smallest absolute Gasteiger partial charge is 0.328 e. The number of methoxy groups -OCH3 is 2. The molecule has 132 valence electrons. The van der Waals surface area contributed by atoms with Crippen LogP contribution in [0.2, 0.25) is 0 Å². The highest BCUT2D eigenvalue weighted by atomic mass is 16.5. The quantitative estimate of drug-likeness (QED) is 0.802. The van der Waals surface area contributed by atoms with Crippen molar-refractivity contribution < 1.29 is 23.9 Å². The number of carbonyl (C=O) groups is 3. The van der Waals surface area contributed by atoms with E-state index in [1.807, 2.05) is 18.2 Å². The van der Waals surface area contributed by atoms with Crippen molar-refractivity contribution in [1.29, 1.82) is 0 Å². The lowest BCUT2D eigenvalue weighted by atomic mass is 10.0. The predicted octanol–water partition coefficient (Wildman–Crippen LogP) is 1.71. The Hall–Kier alpha value is -2.96. The highest BCUT2D eigenvalue weighted by Gasteiger charge is 2.28. The second kappa shape index (κ2) is 8.23. The Morgan fingerprint density at radius 3 is 2.40 bits per heavy atom. The fourth-order valence-electron chi connectivity index (χ4n) is 2.43. The molecule has 0 fully saturated rings. The number of benzene rings is 1. The molecule has 7 nitrogen and oxygen atoms in total. The molecule has 0 aliphatic heterocycles. The van der Waals surface area contributed by atoms with Crippen molar-refractivity contribution in [2.75, 3.05) is 14.2 Å². The first-order valence-electron chi connectivity index (χ1n) is 7.78. The fourth-order valence-corrected chi connectivity index (χ4v) is 2.43. The van der Waals surface area contributed by atoms with Gasteiger partial charge in [0.1, 0.15) is 11.7 Å². The topological polar surface area (TPSA) is 94.6 Å². The molecular weight excluding hydrogens is 324 g/mol. The number of carbonyl (C=O) groups excluding carboxylic acids is 3. The largest absolute Gasteiger partial charge is 0.469 e. The highest BCUT2D eigenvalue weighted by Crippen LogP contribution is 2.13. The van der Waals surface area contributed by atoms with E-state index in [-0.39, 0.29) is 12.1 Å². The van der Waals surface area contributed by atoms with Gasteiger partial charge >= 0.3 is 11.9 Å². The maximum absolute atomic E-state index is 12.4. The summed E-state index contributed by atoms with van der Waals surface area (Å²) < 4.78 is 9.36. The molecule has 1 N–H and O–H groups in total. The van der Waals surface area contributed by atoms with Crippen molar-refractivity contribution in [2.24, 2.45) is 5.92 Å². The number of hydrogen-bond donors (Lipinski definition) is 1. The summed E-state index contributed by atoms with van der Waals surface area (Å²) in [7, 11) is 2.49. The number of hydrogen-bond acceptors (Lipinski definition) is 6. The van der Waals surface area contributed by atoms with Gasteiger partial charge in [-0.2, -0.15) is 0 Å². The molecular formula is C18H20N2O5. The Morgan fingerprint density at radius 2 is 1.72 bits per heavy atom. The van der Waals surface area contributed by atoms with Crippen LogP contribution in [0.1, 0.15) is 23.8 Å². The number of ether oxygens (including phenoxy) is 2. The van der Waals surface area contributed by atoms with Gasteiger partial charge in [0, 0.05) is 5.39 Å². The van der Waals surface area contributed by atoms with Crippen LogP contribution in [0.25, 0.3) is 10.9 Å². The zero-order chi connectivity index (χ0) is 18.4. The van der Waals surface area contributed by atoms with Gasteiger partial charge < -0.3 is 14.8 Å². The zero-order valence-electron chi connectivity index (χ0n) is 14.3. The molecule has 1 aromatic carbocycles. The first-order chi connectivity index (χ1) is 12.0. The summed E-state index contributed by atoms with van der Waals surface area (Å²) in [6.45, 7) is 1.61. The third-order valence-electron chi connectivity index (χ3n) is 3.81. The normalized spacial score (nSPS) is 12.9. The van der Waals surface area contributed by atoms with E-state index in [4.69, 9.17) is 4.74 Å². The van der Waals surface area contributed by atoms with Crippen LogP contribution < -0.4 is 5.32 Å². The molecule has 0 radical (unpaired) electrons. The number of esters is 2. The van der Waals surface area contributed by atoms with Crippen LogP contribution in [0.15, 0.2) is 36.4 Å². The molecule has 2 rings (SSSR count). The van der Waals surface area contributed by atoms with Crippen LogP contribution in [0.3, 0.4) is 0 Å². The summed E-state index contributed by atoms with van der Waals surface area (Å²) in [5, 5.41) is 3.48. The monoisotopic (exact) mass is 344 g/mol. The molecule has 0 aliphatic rings. The molecule has 0 spiro atoms. The lowest BCUT2D eigenvalue weighted by Gasteiger charge is -2.19. The van der Waals surface area contributed by atoms with Gasteiger partial charge in [0.05, 0.1) is 25.7 Å². The molecule has 0 unspecified atom stereocenters. The van der Waals surface area contributed by atoms with E-state index in [2.05, 4.69) is 15.0 Å². The van der Waals surface area contributed by atoms with Crippen molar-refractivity contribution in [3.63, 3.8) is 0 Å². The molecule has 25 heavy (non-hydrogen) atoms. The van der Waals surface area contributed by atoms with E-state index < -0.39 is 29.8 Å². The van der Waals surface area contributed by atoms with E-state index in [1.54, 1.807) is 25.1 Å². The van der Waals surface area contributed by atoms with Gasteiger partial charge in [-0.3, -0.25) is 9.59 Å².